The van der Waals surface area contributed by atoms with E-state index < -0.39 is 7.05 Å². The summed E-state index contributed by atoms with van der Waals surface area (Å²) in [6.45, 7) is 26.0. The molecule has 30 heavy (non-hydrogen) atoms. The van der Waals surface area contributed by atoms with E-state index in [9.17, 15) is 0 Å². The van der Waals surface area contributed by atoms with E-state index in [2.05, 4.69) is 99.6 Å². The molecule has 0 aliphatic heterocycles. The smallest absolute Gasteiger partial charge is 0.0425 e. The molecule has 0 aromatic heterocycles. The van der Waals surface area contributed by atoms with E-state index in [1.54, 1.807) is 0 Å². The van der Waals surface area contributed by atoms with Crippen molar-refractivity contribution in [3.8, 4) is 0 Å². The molecule has 0 unspecified atom stereocenters. The van der Waals surface area contributed by atoms with Crippen LogP contribution in [0.4, 0.5) is 0 Å². The zero-order valence-electron chi connectivity index (χ0n) is 22.0. The van der Waals surface area contributed by atoms with E-state index in [4.69, 9.17) is 4.74 Å². The zero-order chi connectivity index (χ0) is 22.8. The van der Waals surface area contributed by atoms with Gasteiger partial charge in [-0.15, -0.1) is 0 Å². The van der Waals surface area contributed by atoms with Crippen molar-refractivity contribution < 1.29 is 21.7 Å². The molecule has 172 valence electrons. The second-order valence-electron chi connectivity index (χ2n) is 9.89. The fourth-order valence-electron chi connectivity index (χ4n) is 4.58. The minimum absolute atomic E-state index is 0. The Kier molecular flexibility index (Phi) is 15.1. The molecular weight excluding hydrogens is 417 g/mol. The summed E-state index contributed by atoms with van der Waals surface area (Å²) in [5.41, 5.74) is 1.30. The Morgan fingerprint density at radius 2 is 1.33 bits per heavy atom. The Hall–Kier alpha value is -0.0957. The number of hydrogen-bond donors (Lipinski definition) is 0. The minimum Gasteiger partial charge on any atom is -0.270 e. The summed E-state index contributed by atoms with van der Waals surface area (Å²) in [6, 6.07) is 0. The quantitative estimate of drug-likeness (QED) is 0.182. The first-order valence-electron chi connectivity index (χ1n) is 11.7. The van der Waals surface area contributed by atoms with E-state index in [1.165, 1.54) is 25.0 Å². The standard InChI is InChI=1S/C20H38NP.C7H12.Ti/c1-10-18(4,5)22(19(6,7)11-2,20(8,9)12-3)21-17-15-13-14-16-17;1-3-5-7-6-4-2;/h13-15H,10-12,16H2,1-9H3;3,5-7H,4H2,1-2H3;. The summed E-state index contributed by atoms with van der Waals surface area (Å²) in [5.74, 6) is 0. The molecule has 0 aromatic carbocycles. The maximum atomic E-state index is 5.64. The monoisotopic (exact) mass is 467 g/mol. The zero-order valence-corrected chi connectivity index (χ0v) is 24.4. The topological polar surface area (TPSA) is 12.4 Å². The van der Waals surface area contributed by atoms with Crippen LogP contribution in [-0.2, 0) is 21.7 Å². The molecule has 0 atom stereocenters. The molecule has 0 aromatic rings. The molecule has 0 radical (unpaired) electrons. The van der Waals surface area contributed by atoms with Gasteiger partial charge in [0, 0.05) is 49.3 Å². The maximum Gasteiger partial charge on any atom is 0.0425 e. The molecule has 0 saturated heterocycles. The predicted molar refractivity (Wildman–Crippen MR) is 139 cm³/mol. The normalized spacial score (nSPS) is 15.1. The van der Waals surface area contributed by atoms with Crippen molar-refractivity contribution in [2.45, 2.75) is 124 Å². The molecular formula is C27H50NPTi. The van der Waals surface area contributed by atoms with Gasteiger partial charge < -0.3 is 0 Å². The first-order valence-corrected chi connectivity index (χ1v) is 13.4. The maximum absolute atomic E-state index is 5.64. The van der Waals surface area contributed by atoms with Crippen LogP contribution in [0.5, 0.6) is 0 Å². The van der Waals surface area contributed by atoms with Gasteiger partial charge in [0.25, 0.3) is 0 Å². The van der Waals surface area contributed by atoms with Gasteiger partial charge in [-0.1, -0.05) is 106 Å². The SMILES string of the molecule is CC=CC=CCC.CCC(C)(C)P(=NC1=CC=CC1)(C(C)(C)CC)C(C)(C)CC.[Ti]. The second-order valence-corrected chi connectivity index (χ2v) is 15.0. The van der Waals surface area contributed by atoms with E-state index in [-0.39, 0.29) is 37.2 Å². The van der Waals surface area contributed by atoms with Crippen LogP contribution in [-0.4, -0.2) is 15.5 Å². The molecule has 3 heteroatoms. The van der Waals surface area contributed by atoms with Crippen molar-refractivity contribution in [3.05, 3.63) is 48.2 Å². The second kappa shape index (κ2) is 14.1. The van der Waals surface area contributed by atoms with Crippen molar-refractivity contribution in [1.82, 2.24) is 0 Å². The average Bonchev–Trinajstić information content (AvgIpc) is 3.19. The van der Waals surface area contributed by atoms with Crippen molar-refractivity contribution in [2.75, 3.05) is 0 Å². The molecule has 0 spiro atoms. The third kappa shape index (κ3) is 7.50. The van der Waals surface area contributed by atoms with E-state index in [1.807, 2.05) is 19.1 Å². The molecule has 1 rings (SSSR count). The molecule has 1 aliphatic carbocycles. The van der Waals surface area contributed by atoms with E-state index >= 15 is 0 Å². The molecule has 0 heterocycles. The van der Waals surface area contributed by atoms with Gasteiger partial charge in [-0.2, -0.15) is 0 Å². The van der Waals surface area contributed by atoms with Crippen LogP contribution < -0.4 is 0 Å². The van der Waals surface area contributed by atoms with Crippen molar-refractivity contribution in [2.24, 2.45) is 4.74 Å². The van der Waals surface area contributed by atoms with Gasteiger partial charge in [0.15, 0.2) is 0 Å². The number of nitrogens with zero attached hydrogens (tertiary/aromatic N) is 1. The average molecular weight is 468 g/mol. The van der Waals surface area contributed by atoms with Crippen LogP contribution in [0.15, 0.2) is 53.0 Å². The number of hydrogen-bond acceptors (Lipinski definition) is 1. The fourth-order valence-corrected chi connectivity index (χ4v) is 12.2. The van der Waals surface area contributed by atoms with Crippen LogP contribution >= 0.6 is 7.05 Å². The molecule has 0 fully saturated rings. The van der Waals surface area contributed by atoms with E-state index in [0.29, 0.717) is 0 Å². The summed E-state index contributed by atoms with van der Waals surface area (Å²) in [5, 5.41) is 0.778. The summed E-state index contributed by atoms with van der Waals surface area (Å²) in [7, 11) is -1.64. The fraction of sp³-hybridized carbons (Fsp3) is 0.704. The van der Waals surface area contributed by atoms with Gasteiger partial charge in [-0.3, -0.25) is 4.74 Å². The Labute approximate surface area is 204 Å². The first-order chi connectivity index (χ1) is 13.4. The van der Waals surface area contributed by atoms with Gasteiger partial charge in [0.05, 0.1) is 0 Å². The Bertz CT molecular complexity index is 613. The summed E-state index contributed by atoms with van der Waals surface area (Å²) in [4.78, 5) is 0. The molecule has 0 amide bonds. The Balaban J connectivity index is 0. The first kappa shape index (κ1) is 32.1. The Morgan fingerprint density at radius 1 is 0.867 bits per heavy atom. The summed E-state index contributed by atoms with van der Waals surface area (Å²) >= 11 is 0. The van der Waals surface area contributed by atoms with Crippen LogP contribution in [0.2, 0.25) is 0 Å². The van der Waals surface area contributed by atoms with Crippen molar-refractivity contribution in [3.63, 3.8) is 0 Å². The molecule has 1 nitrogen and oxygen atoms in total. The predicted octanol–water partition coefficient (Wildman–Crippen LogP) is 10.1. The van der Waals surface area contributed by atoms with Crippen LogP contribution in [0.3, 0.4) is 0 Å². The molecule has 1 aliphatic rings. The minimum atomic E-state index is -1.64. The van der Waals surface area contributed by atoms with Gasteiger partial charge in [0.2, 0.25) is 0 Å². The number of allylic oxidation sites excluding steroid dienone is 7. The van der Waals surface area contributed by atoms with Crippen LogP contribution in [0.1, 0.15) is 108 Å². The molecule has 0 saturated carbocycles. The number of rotatable bonds is 9. The summed E-state index contributed by atoms with van der Waals surface area (Å²) < 4.78 is 5.64. The molecule has 0 bridgehead atoms. The van der Waals surface area contributed by atoms with Crippen molar-refractivity contribution >= 4 is 7.05 Å². The van der Waals surface area contributed by atoms with Gasteiger partial charge in [-0.25, -0.2) is 0 Å². The Morgan fingerprint density at radius 3 is 1.63 bits per heavy atom. The third-order valence-corrected chi connectivity index (χ3v) is 13.7. The third-order valence-electron chi connectivity index (χ3n) is 6.93. The summed E-state index contributed by atoms with van der Waals surface area (Å²) in [6.07, 6.45) is 20.6. The van der Waals surface area contributed by atoms with Gasteiger partial charge in [-0.05, 0) is 45.7 Å². The van der Waals surface area contributed by atoms with E-state index in [0.717, 1.165) is 12.8 Å². The van der Waals surface area contributed by atoms with Gasteiger partial charge >= 0.3 is 0 Å². The van der Waals surface area contributed by atoms with Crippen LogP contribution in [0, 0.1) is 0 Å². The van der Waals surface area contributed by atoms with Crippen molar-refractivity contribution in [1.29, 1.82) is 0 Å². The largest absolute Gasteiger partial charge is 0.270 e. The van der Waals surface area contributed by atoms with Gasteiger partial charge in [0.1, 0.15) is 0 Å². The molecule has 0 N–H and O–H groups in total. The van der Waals surface area contributed by atoms with Crippen LogP contribution in [0.25, 0.3) is 0 Å².